The van der Waals surface area contributed by atoms with Gasteiger partial charge in [-0.2, -0.15) is 5.10 Å². The van der Waals surface area contributed by atoms with Crippen LogP contribution >= 0.6 is 0 Å². The molecule has 0 spiro atoms. The van der Waals surface area contributed by atoms with Gasteiger partial charge in [0.2, 0.25) is 0 Å². The van der Waals surface area contributed by atoms with Crippen LogP contribution in [0.2, 0.25) is 0 Å². The monoisotopic (exact) mass is 362 g/mol. The number of ketones is 1. The maximum atomic E-state index is 13.3. The number of aryl methyl sites for hydroxylation is 2. The summed E-state index contributed by atoms with van der Waals surface area (Å²) in [6.07, 6.45) is 8.88. The Balaban J connectivity index is 1.51. The fourth-order valence-corrected chi connectivity index (χ4v) is 6.07. The molecule has 0 saturated heterocycles. The number of fused-ring (bicyclic) bond motifs is 5. The summed E-state index contributed by atoms with van der Waals surface area (Å²) < 4.78 is 1.83. The number of hydrogen-bond acceptors (Lipinski definition) is 3. The molecule has 0 unspecified atom stereocenters. The number of hydrogen-bond donors (Lipinski definition) is 1. The van der Waals surface area contributed by atoms with Gasteiger partial charge in [-0.15, -0.1) is 0 Å². The Morgan fingerprint density at radius 3 is 2.93 bits per heavy atom. The second-order valence-corrected chi connectivity index (χ2v) is 8.84. The number of allylic oxidation sites excluding steroid dienone is 1. The van der Waals surface area contributed by atoms with Crippen molar-refractivity contribution in [3.8, 4) is 5.75 Å². The number of carbonyl (C=O) groups excluding carboxylic acids is 1. The Morgan fingerprint density at radius 1 is 1.30 bits per heavy atom. The average molecular weight is 362 g/mol. The number of rotatable bonds is 1. The van der Waals surface area contributed by atoms with Crippen LogP contribution in [-0.4, -0.2) is 20.7 Å². The summed E-state index contributed by atoms with van der Waals surface area (Å²) in [5.41, 5.74) is 4.46. The van der Waals surface area contributed by atoms with E-state index in [9.17, 15) is 9.90 Å². The third-order valence-electron chi connectivity index (χ3n) is 7.53. The van der Waals surface area contributed by atoms with E-state index in [-0.39, 0.29) is 5.41 Å². The zero-order chi connectivity index (χ0) is 18.8. The van der Waals surface area contributed by atoms with Crippen LogP contribution < -0.4 is 0 Å². The van der Waals surface area contributed by atoms with Crippen LogP contribution in [-0.2, 0) is 18.3 Å². The van der Waals surface area contributed by atoms with Crippen LogP contribution in [0.1, 0.15) is 55.3 Å². The molecule has 2 saturated carbocycles. The molecule has 3 aliphatic rings. The summed E-state index contributed by atoms with van der Waals surface area (Å²) in [6, 6.07) is 7.85. The van der Waals surface area contributed by atoms with Crippen LogP contribution in [0.15, 0.2) is 36.0 Å². The van der Waals surface area contributed by atoms with Crippen molar-refractivity contribution in [3.63, 3.8) is 0 Å². The molecule has 2 fully saturated rings. The number of benzene rings is 1. The SMILES string of the molecule is Cn1nccc1/C=C1\C[C@@H]2[C@@H]3CCc4cc(O)ccc4[C@H]3CC[C@]2(C)C1=O. The molecule has 0 amide bonds. The van der Waals surface area contributed by atoms with Crippen molar-refractivity contribution in [3.05, 3.63) is 52.9 Å². The van der Waals surface area contributed by atoms with Gasteiger partial charge in [0.1, 0.15) is 5.75 Å². The summed E-state index contributed by atoms with van der Waals surface area (Å²) in [6.45, 7) is 2.20. The molecule has 5 rings (SSSR count). The van der Waals surface area contributed by atoms with Crippen LogP contribution in [0.4, 0.5) is 0 Å². The van der Waals surface area contributed by atoms with Crippen LogP contribution in [0, 0.1) is 17.3 Å². The van der Waals surface area contributed by atoms with Crippen molar-refractivity contribution in [2.24, 2.45) is 24.3 Å². The first-order valence-electron chi connectivity index (χ1n) is 10.0. The molecule has 4 heteroatoms. The standard InChI is InChI=1S/C23H26N2O2/c1-23-9-7-19-18-6-4-17(26)12-14(18)3-5-20(19)21(23)13-15(22(23)27)11-16-8-10-24-25(16)2/h4,6,8,10-12,19-21,26H,3,5,7,9,13H2,1-2H3/b15-11+/t19-,20-,21-,23+/m1/s1. The molecular weight excluding hydrogens is 336 g/mol. The van der Waals surface area contributed by atoms with E-state index in [1.165, 1.54) is 11.1 Å². The normalized spacial score (nSPS) is 33.6. The van der Waals surface area contributed by atoms with Gasteiger partial charge >= 0.3 is 0 Å². The molecule has 140 valence electrons. The van der Waals surface area contributed by atoms with Gasteiger partial charge in [-0.1, -0.05) is 13.0 Å². The first kappa shape index (κ1) is 16.8. The van der Waals surface area contributed by atoms with Crippen molar-refractivity contribution >= 4 is 11.9 Å². The Labute approximate surface area is 159 Å². The summed E-state index contributed by atoms with van der Waals surface area (Å²) in [4.78, 5) is 13.3. The lowest BCUT2D eigenvalue weighted by atomic mass is 9.55. The Hall–Kier alpha value is -2.36. The molecule has 27 heavy (non-hydrogen) atoms. The molecule has 1 aromatic carbocycles. The van der Waals surface area contributed by atoms with E-state index < -0.39 is 0 Å². The van der Waals surface area contributed by atoms with E-state index in [1.807, 2.05) is 29.9 Å². The molecule has 2 aromatic rings. The van der Waals surface area contributed by atoms with Crippen LogP contribution in [0.5, 0.6) is 5.75 Å². The molecule has 4 nitrogen and oxygen atoms in total. The minimum Gasteiger partial charge on any atom is -0.508 e. The molecule has 1 aromatic heterocycles. The molecule has 1 N–H and O–H groups in total. The molecule has 0 bridgehead atoms. The van der Waals surface area contributed by atoms with E-state index in [4.69, 9.17) is 0 Å². The highest BCUT2D eigenvalue weighted by atomic mass is 16.3. The third-order valence-corrected chi connectivity index (χ3v) is 7.53. The van der Waals surface area contributed by atoms with Gasteiger partial charge in [0.15, 0.2) is 5.78 Å². The van der Waals surface area contributed by atoms with E-state index in [0.29, 0.717) is 29.3 Å². The lowest BCUT2D eigenvalue weighted by Gasteiger charge is -2.48. The van der Waals surface area contributed by atoms with Gasteiger partial charge in [0.25, 0.3) is 0 Å². The van der Waals surface area contributed by atoms with Gasteiger partial charge in [0.05, 0.1) is 5.69 Å². The first-order valence-corrected chi connectivity index (χ1v) is 10.0. The topological polar surface area (TPSA) is 55.1 Å². The Morgan fingerprint density at radius 2 is 2.15 bits per heavy atom. The fraction of sp³-hybridized carbons (Fsp3) is 0.478. The highest BCUT2D eigenvalue weighted by Gasteiger charge is 2.56. The fourth-order valence-electron chi connectivity index (χ4n) is 6.07. The van der Waals surface area contributed by atoms with Crippen molar-refractivity contribution in [2.45, 2.75) is 44.9 Å². The highest BCUT2D eigenvalue weighted by Crippen LogP contribution is 2.60. The van der Waals surface area contributed by atoms with Gasteiger partial charge in [-0.05, 0) is 90.8 Å². The second kappa shape index (κ2) is 5.82. The Bertz CT molecular complexity index is 957. The van der Waals surface area contributed by atoms with Crippen molar-refractivity contribution in [1.29, 1.82) is 0 Å². The molecule has 3 aliphatic carbocycles. The number of aromatic nitrogens is 2. The number of carbonyl (C=O) groups is 1. The minimum atomic E-state index is -0.222. The minimum absolute atomic E-state index is 0.222. The summed E-state index contributed by atoms with van der Waals surface area (Å²) in [7, 11) is 1.92. The van der Waals surface area contributed by atoms with E-state index in [1.54, 1.807) is 6.20 Å². The predicted molar refractivity (Wildman–Crippen MR) is 104 cm³/mol. The van der Waals surface area contributed by atoms with E-state index >= 15 is 0 Å². The van der Waals surface area contributed by atoms with Gasteiger partial charge in [-0.3, -0.25) is 9.48 Å². The van der Waals surface area contributed by atoms with Crippen molar-refractivity contribution in [1.82, 2.24) is 9.78 Å². The molecule has 4 atom stereocenters. The van der Waals surface area contributed by atoms with Crippen LogP contribution in [0.25, 0.3) is 6.08 Å². The maximum Gasteiger partial charge on any atom is 0.165 e. The van der Waals surface area contributed by atoms with Gasteiger partial charge < -0.3 is 5.11 Å². The molecular formula is C23H26N2O2. The van der Waals surface area contributed by atoms with E-state index in [0.717, 1.165) is 43.4 Å². The zero-order valence-corrected chi connectivity index (χ0v) is 16.0. The van der Waals surface area contributed by atoms with Crippen molar-refractivity contribution in [2.75, 3.05) is 0 Å². The smallest absolute Gasteiger partial charge is 0.165 e. The number of aromatic hydroxyl groups is 1. The second-order valence-electron chi connectivity index (χ2n) is 8.84. The quantitative estimate of drug-likeness (QED) is 0.772. The summed E-state index contributed by atoms with van der Waals surface area (Å²) in [5.74, 6) is 2.22. The van der Waals surface area contributed by atoms with Gasteiger partial charge in [-0.25, -0.2) is 0 Å². The molecule has 0 radical (unpaired) electrons. The third kappa shape index (κ3) is 2.42. The van der Waals surface area contributed by atoms with E-state index in [2.05, 4.69) is 24.2 Å². The predicted octanol–water partition coefficient (Wildman–Crippen LogP) is 4.24. The highest BCUT2D eigenvalue weighted by molar-refractivity contribution is 6.05. The summed E-state index contributed by atoms with van der Waals surface area (Å²) in [5, 5.41) is 14.1. The number of nitrogens with zero attached hydrogens (tertiary/aromatic N) is 2. The van der Waals surface area contributed by atoms with Gasteiger partial charge in [0, 0.05) is 18.7 Å². The van der Waals surface area contributed by atoms with Crippen molar-refractivity contribution < 1.29 is 9.90 Å². The summed E-state index contributed by atoms with van der Waals surface area (Å²) >= 11 is 0. The zero-order valence-electron chi connectivity index (χ0n) is 16.0. The molecule has 0 aliphatic heterocycles. The average Bonchev–Trinajstić information content (AvgIpc) is 3.17. The first-order chi connectivity index (χ1) is 13.0. The number of phenols is 1. The lowest BCUT2D eigenvalue weighted by molar-refractivity contribution is -0.127. The number of phenolic OH excluding ortho intramolecular Hbond substituents is 1. The number of Topliss-reactive ketones (excluding diaryl/α,β-unsaturated/α-hetero) is 1. The van der Waals surface area contributed by atoms with Crippen LogP contribution in [0.3, 0.4) is 0 Å². The Kier molecular flexibility index (Phi) is 3.62. The maximum absolute atomic E-state index is 13.3. The molecule has 1 heterocycles. The lowest BCUT2D eigenvalue weighted by Crippen LogP contribution is -2.42. The largest absolute Gasteiger partial charge is 0.508 e.